The van der Waals surface area contributed by atoms with Crippen LogP contribution < -0.4 is 16.0 Å². The summed E-state index contributed by atoms with van der Waals surface area (Å²) >= 11 is 0. The Morgan fingerprint density at radius 3 is 2.35 bits per heavy atom. The number of aromatic nitrogens is 1. The van der Waals surface area contributed by atoms with Gasteiger partial charge in [-0.1, -0.05) is 0 Å². The summed E-state index contributed by atoms with van der Waals surface area (Å²) in [7, 11) is 3.24. The molecule has 0 saturated carbocycles. The molecule has 0 bridgehead atoms. The molecule has 6 nitrogen and oxygen atoms in total. The number of carbonyl (C=O) groups is 1. The molecule has 1 rings (SSSR count). The maximum Gasteiger partial charge on any atom is 0.316 e. The number of amides is 2. The van der Waals surface area contributed by atoms with Gasteiger partial charge in [-0.15, -0.1) is 0 Å². The fourth-order valence-corrected chi connectivity index (χ4v) is 1.39. The number of nitrogens with one attached hydrogen (secondary N) is 3. The smallest absolute Gasteiger partial charge is 0.316 e. The van der Waals surface area contributed by atoms with Crippen LogP contribution in [0.1, 0.15) is 6.92 Å². The van der Waals surface area contributed by atoms with Crippen LogP contribution in [0.15, 0.2) is 6.07 Å². The van der Waals surface area contributed by atoms with E-state index in [0.29, 0.717) is 13.1 Å². The first-order valence-corrected chi connectivity index (χ1v) is 6.24. The molecule has 1 heterocycles. The SMILES string of the molecule is CCNc1nc(NCCNC(=O)N(C)C)c(F)cc1F. The third-order valence-corrected chi connectivity index (χ3v) is 2.37. The van der Waals surface area contributed by atoms with E-state index in [-0.39, 0.29) is 24.2 Å². The monoisotopic (exact) mass is 287 g/mol. The molecule has 112 valence electrons. The van der Waals surface area contributed by atoms with Crippen molar-refractivity contribution in [1.82, 2.24) is 15.2 Å². The Kier molecular flexibility index (Phi) is 5.95. The van der Waals surface area contributed by atoms with E-state index in [9.17, 15) is 13.6 Å². The lowest BCUT2D eigenvalue weighted by atomic mass is 10.4. The van der Waals surface area contributed by atoms with Crippen LogP contribution in [0, 0.1) is 11.6 Å². The summed E-state index contributed by atoms with van der Waals surface area (Å²) in [5, 5.41) is 8.01. The van der Waals surface area contributed by atoms with Crippen LogP contribution in [0.5, 0.6) is 0 Å². The maximum absolute atomic E-state index is 13.5. The minimum absolute atomic E-state index is 0.00581. The van der Waals surface area contributed by atoms with Crippen LogP contribution >= 0.6 is 0 Å². The van der Waals surface area contributed by atoms with E-state index in [1.165, 1.54) is 4.90 Å². The van der Waals surface area contributed by atoms with Crippen molar-refractivity contribution in [3.05, 3.63) is 17.7 Å². The molecular formula is C12H19F2N5O. The fraction of sp³-hybridized carbons (Fsp3) is 0.500. The number of nitrogens with zero attached hydrogens (tertiary/aromatic N) is 2. The van der Waals surface area contributed by atoms with Gasteiger partial charge in [-0.25, -0.2) is 18.6 Å². The zero-order chi connectivity index (χ0) is 15.1. The number of pyridine rings is 1. The van der Waals surface area contributed by atoms with Crippen molar-refractivity contribution in [3.63, 3.8) is 0 Å². The fourth-order valence-electron chi connectivity index (χ4n) is 1.39. The lowest BCUT2D eigenvalue weighted by molar-refractivity contribution is 0.218. The van der Waals surface area contributed by atoms with Crippen LogP contribution in [0.2, 0.25) is 0 Å². The molecule has 0 aliphatic rings. The van der Waals surface area contributed by atoms with Gasteiger partial charge in [0, 0.05) is 39.8 Å². The van der Waals surface area contributed by atoms with E-state index in [0.717, 1.165) is 6.07 Å². The van der Waals surface area contributed by atoms with E-state index in [2.05, 4.69) is 20.9 Å². The normalized spacial score (nSPS) is 10.1. The van der Waals surface area contributed by atoms with Crippen molar-refractivity contribution < 1.29 is 13.6 Å². The Bertz CT molecular complexity index is 467. The van der Waals surface area contributed by atoms with E-state index in [1.807, 2.05) is 0 Å². The summed E-state index contributed by atoms with van der Waals surface area (Å²) in [5.74, 6) is -1.57. The molecule has 0 fully saturated rings. The molecule has 2 amide bonds. The van der Waals surface area contributed by atoms with Crippen LogP contribution in [0.25, 0.3) is 0 Å². The molecule has 0 spiro atoms. The van der Waals surface area contributed by atoms with Crippen LogP contribution in [0.4, 0.5) is 25.2 Å². The Labute approximate surface area is 116 Å². The van der Waals surface area contributed by atoms with Gasteiger partial charge in [0.15, 0.2) is 23.3 Å². The summed E-state index contributed by atoms with van der Waals surface area (Å²) in [6, 6.07) is 0.527. The second-order valence-electron chi connectivity index (χ2n) is 4.23. The van der Waals surface area contributed by atoms with Gasteiger partial charge in [0.2, 0.25) is 0 Å². The van der Waals surface area contributed by atoms with Crippen molar-refractivity contribution in [2.45, 2.75) is 6.92 Å². The average molecular weight is 287 g/mol. The topological polar surface area (TPSA) is 69.3 Å². The number of urea groups is 1. The Morgan fingerprint density at radius 1 is 1.20 bits per heavy atom. The summed E-state index contributed by atoms with van der Waals surface area (Å²) < 4.78 is 26.8. The molecule has 1 aromatic rings. The van der Waals surface area contributed by atoms with Crippen LogP contribution in [0.3, 0.4) is 0 Å². The number of carbonyl (C=O) groups excluding carboxylic acids is 1. The lowest BCUT2D eigenvalue weighted by Gasteiger charge is -2.13. The van der Waals surface area contributed by atoms with E-state index in [4.69, 9.17) is 0 Å². The van der Waals surface area contributed by atoms with Crippen molar-refractivity contribution in [2.75, 3.05) is 44.4 Å². The second kappa shape index (κ2) is 7.46. The lowest BCUT2D eigenvalue weighted by Crippen LogP contribution is -2.37. The molecule has 0 aromatic carbocycles. The Morgan fingerprint density at radius 2 is 1.80 bits per heavy atom. The predicted molar refractivity (Wildman–Crippen MR) is 73.9 cm³/mol. The highest BCUT2D eigenvalue weighted by Gasteiger charge is 2.11. The minimum Gasteiger partial charge on any atom is -0.368 e. The molecule has 8 heteroatoms. The summed E-state index contributed by atoms with van der Waals surface area (Å²) in [4.78, 5) is 16.4. The van der Waals surface area contributed by atoms with Gasteiger partial charge in [0.25, 0.3) is 0 Å². The maximum atomic E-state index is 13.5. The number of halogens is 2. The van der Waals surface area contributed by atoms with E-state index < -0.39 is 11.6 Å². The van der Waals surface area contributed by atoms with Crippen molar-refractivity contribution in [1.29, 1.82) is 0 Å². The molecule has 0 aliphatic carbocycles. The highest BCUT2D eigenvalue weighted by Crippen LogP contribution is 2.18. The zero-order valence-corrected chi connectivity index (χ0v) is 11.8. The van der Waals surface area contributed by atoms with Gasteiger partial charge in [0.05, 0.1) is 0 Å². The number of hydrogen-bond donors (Lipinski definition) is 3. The van der Waals surface area contributed by atoms with Gasteiger partial charge < -0.3 is 20.9 Å². The van der Waals surface area contributed by atoms with Gasteiger partial charge in [0.1, 0.15) is 0 Å². The quantitative estimate of drug-likeness (QED) is 0.693. The average Bonchev–Trinajstić information content (AvgIpc) is 2.39. The summed E-state index contributed by atoms with van der Waals surface area (Å²) in [5.41, 5.74) is 0. The van der Waals surface area contributed by atoms with Gasteiger partial charge in [-0.2, -0.15) is 0 Å². The van der Waals surface area contributed by atoms with E-state index in [1.54, 1.807) is 21.0 Å². The third kappa shape index (κ3) is 4.52. The standard InChI is InChI=1S/C12H19F2N5O/c1-4-15-10-8(13)7-9(14)11(18-10)16-5-6-17-12(20)19(2)3/h7H,4-6H2,1-3H3,(H,17,20)(H2,15,16,18). The molecule has 0 aliphatic heterocycles. The highest BCUT2D eigenvalue weighted by molar-refractivity contribution is 5.73. The van der Waals surface area contributed by atoms with Gasteiger partial charge in [-0.3, -0.25) is 0 Å². The first kappa shape index (κ1) is 15.9. The number of anilines is 2. The molecule has 0 unspecified atom stereocenters. The molecule has 20 heavy (non-hydrogen) atoms. The molecule has 3 N–H and O–H groups in total. The molecule has 0 radical (unpaired) electrons. The first-order valence-electron chi connectivity index (χ1n) is 6.24. The van der Waals surface area contributed by atoms with Crippen molar-refractivity contribution in [2.24, 2.45) is 0 Å². The number of rotatable bonds is 6. The van der Waals surface area contributed by atoms with Crippen LogP contribution in [-0.2, 0) is 0 Å². The first-order chi connectivity index (χ1) is 9.45. The van der Waals surface area contributed by atoms with Crippen molar-refractivity contribution >= 4 is 17.7 Å². The second-order valence-corrected chi connectivity index (χ2v) is 4.23. The van der Waals surface area contributed by atoms with E-state index >= 15 is 0 Å². The van der Waals surface area contributed by atoms with Crippen molar-refractivity contribution in [3.8, 4) is 0 Å². The predicted octanol–water partition coefficient (Wildman–Crippen LogP) is 1.47. The Balaban J connectivity index is 2.55. The van der Waals surface area contributed by atoms with Gasteiger partial charge >= 0.3 is 6.03 Å². The minimum atomic E-state index is -0.775. The largest absolute Gasteiger partial charge is 0.368 e. The third-order valence-electron chi connectivity index (χ3n) is 2.37. The van der Waals surface area contributed by atoms with Gasteiger partial charge in [-0.05, 0) is 6.92 Å². The molecule has 1 aromatic heterocycles. The number of hydrogen-bond acceptors (Lipinski definition) is 4. The summed E-state index contributed by atoms with van der Waals surface area (Å²) in [6.45, 7) is 2.84. The molecule has 0 atom stereocenters. The summed E-state index contributed by atoms with van der Waals surface area (Å²) in [6.07, 6.45) is 0. The highest BCUT2D eigenvalue weighted by atomic mass is 19.1. The van der Waals surface area contributed by atoms with Crippen LogP contribution in [-0.4, -0.2) is 49.6 Å². The zero-order valence-electron chi connectivity index (χ0n) is 11.8. The Hall–Kier alpha value is -2.12. The molecule has 0 saturated heterocycles. The molecular weight excluding hydrogens is 268 g/mol.